The fourth-order valence-corrected chi connectivity index (χ4v) is 3.82. The molecule has 3 aromatic rings. The quantitative estimate of drug-likeness (QED) is 0.542. The second kappa shape index (κ2) is 10.1. The van der Waals surface area contributed by atoms with Gasteiger partial charge >= 0.3 is 0 Å². The Kier molecular flexibility index (Phi) is 7.04. The molecule has 1 fully saturated rings. The number of aryl methyl sites for hydroxylation is 1. The molecule has 0 saturated carbocycles. The first-order valence-electron chi connectivity index (χ1n) is 10.2. The number of anilines is 4. The van der Waals surface area contributed by atoms with E-state index in [9.17, 15) is 4.79 Å². The Bertz CT molecular complexity index is 1100. The lowest BCUT2D eigenvalue weighted by Gasteiger charge is -2.27. The summed E-state index contributed by atoms with van der Waals surface area (Å²) in [5.41, 5.74) is 1.68. The van der Waals surface area contributed by atoms with Gasteiger partial charge in [-0.15, -0.1) is 0 Å². The molecule has 0 unspecified atom stereocenters. The summed E-state index contributed by atoms with van der Waals surface area (Å²) < 4.78 is 5.42. The maximum absolute atomic E-state index is 12.7. The minimum absolute atomic E-state index is 0.223. The van der Waals surface area contributed by atoms with Gasteiger partial charge in [-0.2, -0.15) is 4.98 Å². The lowest BCUT2D eigenvalue weighted by molar-refractivity contribution is 0.102. The van der Waals surface area contributed by atoms with E-state index in [2.05, 4.69) is 30.5 Å². The summed E-state index contributed by atoms with van der Waals surface area (Å²) in [4.78, 5) is 28.4. The van der Waals surface area contributed by atoms with Crippen molar-refractivity contribution in [3.05, 3.63) is 63.9 Å². The minimum Gasteiger partial charge on any atom is -0.378 e. The van der Waals surface area contributed by atoms with Crippen molar-refractivity contribution in [2.24, 2.45) is 0 Å². The zero-order valence-electron chi connectivity index (χ0n) is 17.4. The summed E-state index contributed by atoms with van der Waals surface area (Å²) in [5, 5.41) is 6.59. The molecule has 3 heterocycles. The predicted molar refractivity (Wildman–Crippen MR) is 126 cm³/mol. The zero-order chi connectivity index (χ0) is 22.5. The van der Waals surface area contributed by atoms with Gasteiger partial charge in [0, 0.05) is 42.8 Å². The van der Waals surface area contributed by atoms with Crippen molar-refractivity contribution in [2.75, 3.05) is 41.8 Å². The molecule has 1 saturated heterocycles. The van der Waals surface area contributed by atoms with Gasteiger partial charge in [-0.05, 0) is 24.6 Å². The number of carbonyl (C=O) groups is 1. The number of morpholine rings is 1. The van der Waals surface area contributed by atoms with Gasteiger partial charge in [0.25, 0.3) is 5.91 Å². The number of carbonyl (C=O) groups excluding carboxylic acids is 1. The van der Waals surface area contributed by atoms with Gasteiger partial charge in [-0.1, -0.05) is 36.2 Å². The standard InChI is InChI=1S/C22H22Cl2N6O2/c1-2-14-12-19(29-22(27-14)30-8-10-32-11-9-30)28-18-13-15(6-7-25-18)26-21(31)20-16(23)4-3-5-17(20)24/h3-7,12-13H,2,8-11H2,1H3,(H2,25,26,27,28,29,31). The summed E-state index contributed by atoms with van der Waals surface area (Å²) >= 11 is 12.3. The average Bonchev–Trinajstić information content (AvgIpc) is 2.79. The molecule has 0 atom stereocenters. The highest BCUT2D eigenvalue weighted by atomic mass is 35.5. The van der Waals surface area contributed by atoms with Crippen LogP contribution in [0.15, 0.2) is 42.6 Å². The van der Waals surface area contributed by atoms with E-state index >= 15 is 0 Å². The number of halogens is 2. The Morgan fingerprint density at radius 1 is 1.09 bits per heavy atom. The van der Waals surface area contributed by atoms with Crippen molar-refractivity contribution in [1.82, 2.24) is 15.0 Å². The van der Waals surface area contributed by atoms with Crippen LogP contribution in [0.5, 0.6) is 0 Å². The lowest BCUT2D eigenvalue weighted by atomic mass is 10.2. The van der Waals surface area contributed by atoms with Gasteiger partial charge in [0.05, 0.1) is 28.8 Å². The molecule has 166 valence electrons. The normalized spacial score (nSPS) is 13.7. The smallest absolute Gasteiger partial charge is 0.258 e. The predicted octanol–water partition coefficient (Wildman–Crippen LogP) is 4.57. The summed E-state index contributed by atoms with van der Waals surface area (Å²) in [7, 11) is 0. The molecule has 1 aliphatic heterocycles. The average molecular weight is 473 g/mol. The van der Waals surface area contributed by atoms with E-state index in [1.165, 1.54) is 0 Å². The molecule has 10 heteroatoms. The highest BCUT2D eigenvalue weighted by Crippen LogP contribution is 2.26. The number of ether oxygens (including phenoxy) is 1. The van der Waals surface area contributed by atoms with Gasteiger partial charge in [0.2, 0.25) is 5.95 Å². The van der Waals surface area contributed by atoms with Crippen LogP contribution >= 0.6 is 23.2 Å². The Morgan fingerprint density at radius 2 is 1.84 bits per heavy atom. The Hall–Kier alpha value is -2.94. The number of nitrogens with one attached hydrogen (secondary N) is 2. The molecule has 1 aliphatic rings. The molecule has 1 aromatic carbocycles. The van der Waals surface area contributed by atoms with Crippen LogP contribution in [-0.4, -0.2) is 47.2 Å². The number of hydrogen-bond donors (Lipinski definition) is 2. The molecular weight excluding hydrogens is 451 g/mol. The van der Waals surface area contributed by atoms with Crippen molar-refractivity contribution in [1.29, 1.82) is 0 Å². The first kappa shape index (κ1) is 22.3. The maximum Gasteiger partial charge on any atom is 0.258 e. The summed E-state index contributed by atoms with van der Waals surface area (Å²) in [5.74, 6) is 1.42. The van der Waals surface area contributed by atoms with Crippen LogP contribution in [0, 0.1) is 0 Å². The van der Waals surface area contributed by atoms with E-state index in [0.717, 1.165) is 25.2 Å². The molecule has 2 N–H and O–H groups in total. The molecule has 32 heavy (non-hydrogen) atoms. The van der Waals surface area contributed by atoms with E-state index in [4.69, 9.17) is 27.9 Å². The fourth-order valence-electron chi connectivity index (χ4n) is 3.25. The third-order valence-electron chi connectivity index (χ3n) is 4.89. The van der Waals surface area contributed by atoms with Gasteiger partial charge < -0.3 is 20.3 Å². The van der Waals surface area contributed by atoms with E-state index in [-0.39, 0.29) is 15.6 Å². The first-order valence-corrected chi connectivity index (χ1v) is 11.0. The van der Waals surface area contributed by atoms with Gasteiger partial charge in [0.15, 0.2) is 0 Å². The number of hydrogen-bond acceptors (Lipinski definition) is 7. The van der Waals surface area contributed by atoms with E-state index in [1.807, 2.05) is 13.0 Å². The molecule has 8 nitrogen and oxygen atoms in total. The van der Waals surface area contributed by atoms with Crippen LogP contribution in [0.25, 0.3) is 0 Å². The molecule has 0 spiro atoms. The van der Waals surface area contributed by atoms with Crippen molar-refractivity contribution in [3.63, 3.8) is 0 Å². The van der Waals surface area contributed by atoms with Crippen LogP contribution in [0.1, 0.15) is 23.0 Å². The topological polar surface area (TPSA) is 92.3 Å². The first-order chi connectivity index (χ1) is 15.5. The number of nitrogens with zero attached hydrogens (tertiary/aromatic N) is 4. The highest BCUT2D eigenvalue weighted by Gasteiger charge is 2.17. The molecule has 2 aromatic heterocycles. The SMILES string of the molecule is CCc1cc(Nc2cc(NC(=O)c3c(Cl)cccc3Cl)ccn2)nc(N2CCOCC2)n1. The van der Waals surface area contributed by atoms with Crippen molar-refractivity contribution >= 4 is 52.4 Å². The van der Waals surface area contributed by atoms with E-state index < -0.39 is 5.91 Å². The Morgan fingerprint density at radius 3 is 2.56 bits per heavy atom. The Balaban J connectivity index is 1.53. The highest BCUT2D eigenvalue weighted by molar-refractivity contribution is 6.40. The zero-order valence-corrected chi connectivity index (χ0v) is 19.0. The summed E-state index contributed by atoms with van der Waals surface area (Å²) in [6.07, 6.45) is 2.37. The molecule has 0 aliphatic carbocycles. The number of amides is 1. The number of rotatable bonds is 6. The minimum atomic E-state index is -0.400. The van der Waals surface area contributed by atoms with Crippen molar-refractivity contribution < 1.29 is 9.53 Å². The van der Waals surface area contributed by atoms with Crippen molar-refractivity contribution in [2.45, 2.75) is 13.3 Å². The van der Waals surface area contributed by atoms with Crippen LogP contribution in [0.2, 0.25) is 10.0 Å². The second-order valence-corrected chi connectivity index (χ2v) is 7.92. The van der Waals surface area contributed by atoms with Gasteiger partial charge in [-0.25, -0.2) is 9.97 Å². The second-order valence-electron chi connectivity index (χ2n) is 7.10. The summed E-state index contributed by atoms with van der Waals surface area (Å²) in [6.45, 7) is 4.85. The monoisotopic (exact) mass is 472 g/mol. The van der Waals surface area contributed by atoms with Crippen LogP contribution in [-0.2, 0) is 11.2 Å². The molecule has 4 rings (SSSR count). The lowest BCUT2D eigenvalue weighted by Crippen LogP contribution is -2.37. The summed E-state index contributed by atoms with van der Waals surface area (Å²) in [6, 6.07) is 10.2. The van der Waals surface area contributed by atoms with Crippen LogP contribution in [0.4, 0.5) is 23.3 Å². The number of aromatic nitrogens is 3. The van der Waals surface area contributed by atoms with E-state index in [1.54, 1.807) is 36.5 Å². The van der Waals surface area contributed by atoms with E-state index in [0.29, 0.717) is 36.5 Å². The number of pyridine rings is 1. The Labute approximate surface area is 195 Å². The third-order valence-corrected chi connectivity index (χ3v) is 5.52. The fraction of sp³-hybridized carbons (Fsp3) is 0.273. The van der Waals surface area contributed by atoms with Crippen LogP contribution < -0.4 is 15.5 Å². The molecule has 0 bridgehead atoms. The van der Waals surface area contributed by atoms with Gasteiger partial charge in [0.1, 0.15) is 11.6 Å². The van der Waals surface area contributed by atoms with Gasteiger partial charge in [-0.3, -0.25) is 4.79 Å². The van der Waals surface area contributed by atoms with Crippen LogP contribution in [0.3, 0.4) is 0 Å². The number of benzene rings is 1. The molecule has 0 radical (unpaired) electrons. The molecular formula is C22H22Cl2N6O2. The third kappa shape index (κ3) is 5.27. The molecule has 1 amide bonds. The van der Waals surface area contributed by atoms with Crippen molar-refractivity contribution in [3.8, 4) is 0 Å². The maximum atomic E-state index is 12.7. The largest absolute Gasteiger partial charge is 0.378 e.